The monoisotopic (exact) mass is 182 g/mol. The molecule has 0 saturated heterocycles. The summed E-state index contributed by atoms with van der Waals surface area (Å²) in [4.78, 5) is 11.1. The third-order valence-electron chi connectivity index (χ3n) is 2.68. The Labute approximate surface area is 79.6 Å². The molecular weight excluding hydrogens is 164 g/mol. The standard InChI is InChI=1S/C11H18O2/c1-11(2,3)9(10(12)13)8-6-4-5-7-8/h4,6,8-9H,5,7H2,1-3H3,(H,12,13). The van der Waals surface area contributed by atoms with Gasteiger partial charge in [0.15, 0.2) is 0 Å². The first-order valence-electron chi connectivity index (χ1n) is 4.82. The number of carbonyl (C=O) groups is 1. The topological polar surface area (TPSA) is 37.3 Å². The second-order valence-corrected chi connectivity index (χ2v) is 4.85. The first kappa shape index (κ1) is 10.3. The molecule has 1 N–H and O–H groups in total. The summed E-state index contributed by atoms with van der Waals surface area (Å²) < 4.78 is 0. The largest absolute Gasteiger partial charge is 0.481 e. The Kier molecular flexibility index (Phi) is 2.79. The van der Waals surface area contributed by atoms with Crippen LogP contribution in [0.5, 0.6) is 0 Å². The second-order valence-electron chi connectivity index (χ2n) is 4.85. The van der Waals surface area contributed by atoms with Gasteiger partial charge < -0.3 is 5.11 Å². The highest BCUT2D eigenvalue weighted by molar-refractivity contribution is 5.71. The first-order chi connectivity index (χ1) is 5.93. The maximum Gasteiger partial charge on any atom is 0.307 e. The van der Waals surface area contributed by atoms with E-state index < -0.39 is 5.97 Å². The van der Waals surface area contributed by atoms with Crippen molar-refractivity contribution in [3.05, 3.63) is 12.2 Å². The van der Waals surface area contributed by atoms with Crippen molar-refractivity contribution in [1.82, 2.24) is 0 Å². The molecule has 2 unspecified atom stereocenters. The van der Waals surface area contributed by atoms with Gasteiger partial charge in [0, 0.05) is 0 Å². The molecule has 0 aromatic carbocycles. The fourth-order valence-electron chi connectivity index (χ4n) is 2.13. The molecule has 0 aliphatic heterocycles. The molecule has 0 heterocycles. The SMILES string of the molecule is CC(C)(C)C(C(=O)O)C1C=CCC1. The van der Waals surface area contributed by atoms with Crippen LogP contribution in [0.15, 0.2) is 12.2 Å². The predicted octanol–water partition coefficient (Wildman–Crippen LogP) is 2.70. The van der Waals surface area contributed by atoms with Gasteiger partial charge in [0.25, 0.3) is 0 Å². The molecule has 13 heavy (non-hydrogen) atoms. The van der Waals surface area contributed by atoms with Gasteiger partial charge in [-0.25, -0.2) is 0 Å². The van der Waals surface area contributed by atoms with Crippen molar-refractivity contribution in [2.24, 2.45) is 17.3 Å². The summed E-state index contributed by atoms with van der Waals surface area (Å²) in [7, 11) is 0. The summed E-state index contributed by atoms with van der Waals surface area (Å²) in [6, 6.07) is 0. The van der Waals surface area contributed by atoms with Crippen LogP contribution in [0.4, 0.5) is 0 Å². The van der Waals surface area contributed by atoms with Crippen LogP contribution in [0, 0.1) is 17.3 Å². The van der Waals surface area contributed by atoms with Gasteiger partial charge in [0.05, 0.1) is 5.92 Å². The van der Waals surface area contributed by atoms with Gasteiger partial charge in [-0.3, -0.25) is 4.79 Å². The van der Waals surface area contributed by atoms with Crippen molar-refractivity contribution >= 4 is 5.97 Å². The van der Waals surface area contributed by atoms with E-state index >= 15 is 0 Å². The third-order valence-corrected chi connectivity index (χ3v) is 2.68. The van der Waals surface area contributed by atoms with Crippen molar-refractivity contribution in [2.75, 3.05) is 0 Å². The quantitative estimate of drug-likeness (QED) is 0.667. The van der Waals surface area contributed by atoms with Gasteiger partial charge in [-0.2, -0.15) is 0 Å². The van der Waals surface area contributed by atoms with Crippen LogP contribution >= 0.6 is 0 Å². The Hall–Kier alpha value is -0.790. The lowest BCUT2D eigenvalue weighted by atomic mass is 9.73. The van der Waals surface area contributed by atoms with E-state index in [0.29, 0.717) is 0 Å². The maximum absolute atomic E-state index is 11.1. The summed E-state index contributed by atoms with van der Waals surface area (Å²) in [6.07, 6.45) is 6.18. The Balaban J connectivity index is 2.79. The molecule has 0 aromatic rings. The number of carboxylic acid groups (broad SMARTS) is 1. The average Bonchev–Trinajstić information content (AvgIpc) is 2.34. The van der Waals surface area contributed by atoms with Crippen LogP contribution in [-0.4, -0.2) is 11.1 Å². The molecule has 74 valence electrons. The van der Waals surface area contributed by atoms with Gasteiger partial charge in [-0.05, 0) is 24.2 Å². The highest BCUT2D eigenvalue weighted by atomic mass is 16.4. The highest BCUT2D eigenvalue weighted by Crippen LogP contribution is 2.37. The van der Waals surface area contributed by atoms with Gasteiger partial charge in [-0.1, -0.05) is 32.9 Å². The number of hydrogen-bond donors (Lipinski definition) is 1. The Morgan fingerprint density at radius 3 is 2.46 bits per heavy atom. The van der Waals surface area contributed by atoms with Crippen LogP contribution in [0.25, 0.3) is 0 Å². The molecule has 0 amide bonds. The lowest BCUT2D eigenvalue weighted by Gasteiger charge is -2.31. The average molecular weight is 182 g/mol. The van der Waals surface area contributed by atoms with Crippen LogP contribution in [0.3, 0.4) is 0 Å². The summed E-state index contributed by atoms with van der Waals surface area (Å²) in [5.74, 6) is -0.673. The summed E-state index contributed by atoms with van der Waals surface area (Å²) >= 11 is 0. The van der Waals surface area contributed by atoms with E-state index in [0.717, 1.165) is 12.8 Å². The van der Waals surface area contributed by atoms with Gasteiger partial charge in [-0.15, -0.1) is 0 Å². The number of allylic oxidation sites excluding steroid dienone is 2. The summed E-state index contributed by atoms with van der Waals surface area (Å²) in [6.45, 7) is 5.99. The first-order valence-corrected chi connectivity index (χ1v) is 4.82. The Bertz CT molecular complexity index is 223. The highest BCUT2D eigenvalue weighted by Gasteiger charge is 2.37. The lowest BCUT2D eigenvalue weighted by Crippen LogP contribution is -2.33. The summed E-state index contributed by atoms with van der Waals surface area (Å²) in [5.41, 5.74) is -0.148. The zero-order valence-electron chi connectivity index (χ0n) is 8.58. The van der Waals surface area contributed by atoms with Crippen molar-refractivity contribution < 1.29 is 9.90 Å². The number of rotatable bonds is 2. The second kappa shape index (κ2) is 3.52. The fourth-order valence-corrected chi connectivity index (χ4v) is 2.13. The van der Waals surface area contributed by atoms with Crippen LogP contribution in [0.2, 0.25) is 0 Å². The van der Waals surface area contributed by atoms with Gasteiger partial charge in [0.1, 0.15) is 0 Å². The molecule has 2 atom stereocenters. The Morgan fingerprint density at radius 1 is 1.54 bits per heavy atom. The van der Waals surface area contributed by atoms with E-state index in [4.69, 9.17) is 5.11 Å². The molecule has 2 nitrogen and oxygen atoms in total. The molecule has 0 fully saturated rings. The van der Waals surface area contributed by atoms with E-state index in [9.17, 15) is 4.79 Å². The predicted molar refractivity (Wildman–Crippen MR) is 52.4 cm³/mol. The summed E-state index contributed by atoms with van der Waals surface area (Å²) in [5, 5.41) is 9.14. The minimum absolute atomic E-state index is 0.148. The molecule has 1 aliphatic rings. The molecule has 0 saturated carbocycles. The molecule has 1 aliphatic carbocycles. The molecule has 1 rings (SSSR count). The Morgan fingerprint density at radius 2 is 2.15 bits per heavy atom. The normalized spacial score (nSPS) is 24.7. The van der Waals surface area contributed by atoms with E-state index in [1.807, 2.05) is 20.8 Å². The zero-order valence-corrected chi connectivity index (χ0v) is 8.58. The minimum Gasteiger partial charge on any atom is -0.481 e. The number of hydrogen-bond acceptors (Lipinski definition) is 1. The van der Waals surface area contributed by atoms with E-state index in [1.54, 1.807) is 0 Å². The number of aliphatic carboxylic acids is 1. The van der Waals surface area contributed by atoms with E-state index in [1.165, 1.54) is 0 Å². The van der Waals surface area contributed by atoms with Crippen LogP contribution < -0.4 is 0 Å². The van der Waals surface area contributed by atoms with Crippen molar-refractivity contribution in [3.63, 3.8) is 0 Å². The van der Waals surface area contributed by atoms with Gasteiger partial charge >= 0.3 is 5.97 Å². The third kappa shape index (κ3) is 2.33. The van der Waals surface area contributed by atoms with Crippen molar-refractivity contribution in [1.29, 1.82) is 0 Å². The van der Waals surface area contributed by atoms with E-state index in [2.05, 4.69) is 12.2 Å². The van der Waals surface area contributed by atoms with Gasteiger partial charge in [0.2, 0.25) is 0 Å². The molecule has 0 aromatic heterocycles. The maximum atomic E-state index is 11.1. The molecule has 0 spiro atoms. The molecule has 0 radical (unpaired) electrons. The molecule has 0 bridgehead atoms. The van der Waals surface area contributed by atoms with Crippen LogP contribution in [-0.2, 0) is 4.79 Å². The van der Waals surface area contributed by atoms with Crippen LogP contribution in [0.1, 0.15) is 33.6 Å². The van der Waals surface area contributed by atoms with Crippen molar-refractivity contribution in [3.8, 4) is 0 Å². The van der Waals surface area contributed by atoms with Crippen molar-refractivity contribution in [2.45, 2.75) is 33.6 Å². The number of carboxylic acids is 1. The molecular formula is C11H18O2. The minimum atomic E-state index is -0.663. The zero-order chi connectivity index (χ0) is 10.1. The van der Waals surface area contributed by atoms with E-state index in [-0.39, 0.29) is 17.3 Å². The molecule has 2 heteroatoms. The lowest BCUT2D eigenvalue weighted by molar-refractivity contribution is -0.147. The smallest absolute Gasteiger partial charge is 0.307 e. The fraction of sp³-hybridized carbons (Fsp3) is 0.727.